The molecular weight excluding hydrogens is 156 g/mol. The Morgan fingerprint density at radius 2 is 1.92 bits per heavy atom. The number of aldehydes is 1. The molecule has 1 aliphatic carbocycles. The van der Waals surface area contributed by atoms with Gasteiger partial charge in [0.1, 0.15) is 6.29 Å². The van der Waals surface area contributed by atoms with E-state index in [9.17, 15) is 9.59 Å². The first-order chi connectivity index (χ1) is 5.74. The largest absolute Gasteiger partial charge is 0.481 e. The smallest absolute Gasteiger partial charge is 0.306 e. The van der Waals surface area contributed by atoms with Gasteiger partial charge in [0.2, 0.25) is 0 Å². The SMILES string of the molecule is O=CCC1CCC(C(=O)O)CC1. The maximum absolute atomic E-state index is 10.5. The lowest BCUT2D eigenvalue weighted by atomic mass is 9.81. The molecule has 0 atom stereocenters. The van der Waals surface area contributed by atoms with Crippen molar-refractivity contribution in [1.82, 2.24) is 0 Å². The highest BCUT2D eigenvalue weighted by molar-refractivity contribution is 5.70. The molecule has 1 N–H and O–H groups in total. The van der Waals surface area contributed by atoms with E-state index in [1.165, 1.54) is 0 Å². The average Bonchev–Trinajstić information content (AvgIpc) is 2.06. The molecule has 0 aromatic rings. The minimum Gasteiger partial charge on any atom is -0.481 e. The molecular formula is C9H14O3. The Morgan fingerprint density at radius 3 is 2.33 bits per heavy atom. The Morgan fingerprint density at radius 1 is 1.33 bits per heavy atom. The summed E-state index contributed by atoms with van der Waals surface area (Å²) in [5, 5.41) is 8.68. The summed E-state index contributed by atoms with van der Waals surface area (Å²) in [6, 6.07) is 0. The van der Waals surface area contributed by atoms with Crippen molar-refractivity contribution in [3.05, 3.63) is 0 Å². The second-order valence-corrected chi connectivity index (χ2v) is 3.46. The van der Waals surface area contributed by atoms with Crippen LogP contribution in [0.1, 0.15) is 32.1 Å². The summed E-state index contributed by atoms with van der Waals surface area (Å²) in [6.45, 7) is 0. The van der Waals surface area contributed by atoms with Crippen LogP contribution in [-0.4, -0.2) is 17.4 Å². The second kappa shape index (κ2) is 4.24. The van der Waals surface area contributed by atoms with Crippen molar-refractivity contribution in [2.75, 3.05) is 0 Å². The quantitative estimate of drug-likeness (QED) is 0.652. The van der Waals surface area contributed by atoms with E-state index in [1.54, 1.807) is 0 Å². The predicted molar refractivity (Wildman–Crippen MR) is 43.8 cm³/mol. The van der Waals surface area contributed by atoms with E-state index in [-0.39, 0.29) is 5.92 Å². The van der Waals surface area contributed by atoms with E-state index in [1.807, 2.05) is 0 Å². The summed E-state index contributed by atoms with van der Waals surface area (Å²) >= 11 is 0. The van der Waals surface area contributed by atoms with Crippen molar-refractivity contribution in [2.24, 2.45) is 11.8 Å². The van der Waals surface area contributed by atoms with Crippen LogP contribution in [0.15, 0.2) is 0 Å². The standard InChI is InChI=1S/C9H14O3/c10-6-5-7-1-3-8(4-2-7)9(11)12/h6-8H,1-5H2,(H,11,12). The first-order valence-electron chi connectivity index (χ1n) is 4.40. The molecule has 0 radical (unpaired) electrons. The molecule has 1 rings (SSSR count). The number of carbonyl (C=O) groups is 2. The normalized spacial score (nSPS) is 29.7. The van der Waals surface area contributed by atoms with Gasteiger partial charge in [0, 0.05) is 6.42 Å². The molecule has 3 heteroatoms. The molecule has 3 nitrogen and oxygen atoms in total. The van der Waals surface area contributed by atoms with Gasteiger partial charge in [0.05, 0.1) is 5.92 Å². The van der Waals surface area contributed by atoms with Gasteiger partial charge in [-0.1, -0.05) is 0 Å². The summed E-state index contributed by atoms with van der Waals surface area (Å²) in [5.74, 6) is -0.398. The second-order valence-electron chi connectivity index (χ2n) is 3.46. The third kappa shape index (κ3) is 2.32. The van der Waals surface area contributed by atoms with Gasteiger partial charge in [0.25, 0.3) is 0 Å². The van der Waals surface area contributed by atoms with Crippen LogP contribution in [0.25, 0.3) is 0 Å². The van der Waals surface area contributed by atoms with Crippen molar-refractivity contribution in [1.29, 1.82) is 0 Å². The predicted octanol–water partition coefficient (Wildman–Crippen LogP) is 1.47. The monoisotopic (exact) mass is 170 g/mol. The van der Waals surface area contributed by atoms with Crippen LogP contribution in [0.2, 0.25) is 0 Å². The van der Waals surface area contributed by atoms with Crippen LogP contribution in [0.4, 0.5) is 0 Å². The molecule has 1 aliphatic rings. The molecule has 0 aliphatic heterocycles. The van der Waals surface area contributed by atoms with Gasteiger partial charge < -0.3 is 9.90 Å². The van der Waals surface area contributed by atoms with Crippen molar-refractivity contribution in [3.63, 3.8) is 0 Å². The molecule has 1 saturated carbocycles. The number of hydrogen-bond donors (Lipinski definition) is 1. The lowest BCUT2D eigenvalue weighted by Gasteiger charge is -2.24. The zero-order valence-corrected chi connectivity index (χ0v) is 7.03. The first kappa shape index (κ1) is 9.23. The highest BCUT2D eigenvalue weighted by Crippen LogP contribution is 2.30. The molecule has 0 heterocycles. The van der Waals surface area contributed by atoms with Crippen LogP contribution in [0.5, 0.6) is 0 Å². The Hall–Kier alpha value is -0.860. The highest BCUT2D eigenvalue weighted by atomic mass is 16.4. The molecule has 0 aromatic heterocycles. The number of carboxylic acids is 1. The zero-order valence-electron chi connectivity index (χ0n) is 7.03. The van der Waals surface area contributed by atoms with E-state index in [4.69, 9.17) is 5.11 Å². The van der Waals surface area contributed by atoms with Crippen molar-refractivity contribution >= 4 is 12.3 Å². The number of carboxylic acid groups (broad SMARTS) is 1. The summed E-state index contributed by atoms with van der Waals surface area (Å²) in [6.07, 6.45) is 4.82. The average molecular weight is 170 g/mol. The fraction of sp³-hybridized carbons (Fsp3) is 0.778. The van der Waals surface area contributed by atoms with E-state index >= 15 is 0 Å². The molecule has 12 heavy (non-hydrogen) atoms. The van der Waals surface area contributed by atoms with Crippen LogP contribution >= 0.6 is 0 Å². The Labute approximate surface area is 71.8 Å². The third-order valence-electron chi connectivity index (χ3n) is 2.63. The number of hydrogen-bond acceptors (Lipinski definition) is 2. The van der Waals surface area contributed by atoms with E-state index in [2.05, 4.69) is 0 Å². The summed E-state index contributed by atoms with van der Waals surface area (Å²) in [4.78, 5) is 20.7. The third-order valence-corrected chi connectivity index (χ3v) is 2.63. The van der Waals surface area contributed by atoms with Gasteiger partial charge in [-0.25, -0.2) is 0 Å². The number of carbonyl (C=O) groups excluding carboxylic acids is 1. The summed E-state index contributed by atoms with van der Waals surface area (Å²) in [7, 11) is 0. The minimum atomic E-state index is -0.681. The molecule has 0 bridgehead atoms. The van der Waals surface area contributed by atoms with Gasteiger partial charge in [-0.2, -0.15) is 0 Å². The van der Waals surface area contributed by atoms with E-state index < -0.39 is 5.97 Å². The van der Waals surface area contributed by atoms with E-state index in [0.717, 1.165) is 32.0 Å². The maximum Gasteiger partial charge on any atom is 0.306 e. The molecule has 1 fully saturated rings. The van der Waals surface area contributed by atoms with Crippen molar-refractivity contribution in [3.8, 4) is 0 Å². The van der Waals surface area contributed by atoms with Crippen molar-refractivity contribution < 1.29 is 14.7 Å². The van der Waals surface area contributed by atoms with Gasteiger partial charge in [-0.3, -0.25) is 4.79 Å². The fourth-order valence-electron chi connectivity index (χ4n) is 1.78. The molecule has 0 amide bonds. The van der Waals surface area contributed by atoms with Gasteiger partial charge in [-0.05, 0) is 31.6 Å². The zero-order chi connectivity index (χ0) is 8.97. The van der Waals surface area contributed by atoms with Crippen LogP contribution < -0.4 is 0 Å². The number of aliphatic carboxylic acids is 1. The molecule has 0 unspecified atom stereocenters. The highest BCUT2D eigenvalue weighted by Gasteiger charge is 2.25. The van der Waals surface area contributed by atoms with Gasteiger partial charge in [-0.15, -0.1) is 0 Å². The first-order valence-corrected chi connectivity index (χ1v) is 4.40. The summed E-state index contributed by atoms with van der Waals surface area (Å²) < 4.78 is 0. The van der Waals surface area contributed by atoms with Crippen LogP contribution in [0, 0.1) is 11.8 Å². The Kier molecular flexibility index (Phi) is 3.26. The Bertz CT molecular complexity index is 169. The fourth-order valence-corrected chi connectivity index (χ4v) is 1.78. The molecule has 68 valence electrons. The van der Waals surface area contributed by atoms with Gasteiger partial charge >= 0.3 is 5.97 Å². The van der Waals surface area contributed by atoms with E-state index in [0.29, 0.717) is 12.3 Å². The molecule has 0 saturated heterocycles. The number of rotatable bonds is 3. The van der Waals surface area contributed by atoms with Gasteiger partial charge in [0.15, 0.2) is 0 Å². The lowest BCUT2D eigenvalue weighted by molar-refractivity contribution is -0.143. The Balaban J connectivity index is 2.29. The molecule has 0 spiro atoms. The van der Waals surface area contributed by atoms with Crippen LogP contribution in [0.3, 0.4) is 0 Å². The summed E-state index contributed by atoms with van der Waals surface area (Å²) in [5.41, 5.74) is 0. The maximum atomic E-state index is 10.5. The lowest BCUT2D eigenvalue weighted by Crippen LogP contribution is -2.21. The van der Waals surface area contributed by atoms with Crippen molar-refractivity contribution in [2.45, 2.75) is 32.1 Å². The minimum absolute atomic E-state index is 0.159. The topological polar surface area (TPSA) is 54.4 Å². The molecule has 0 aromatic carbocycles. The van der Waals surface area contributed by atoms with Crippen LogP contribution in [-0.2, 0) is 9.59 Å².